The van der Waals surface area contributed by atoms with E-state index in [1.54, 1.807) is 0 Å². The van der Waals surface area contributed by atoms with Crippen molar-refractivity contribution in [3.63, 3.8) is 0 Å². The first-order chi connectivity index (χ1) is 7.41. The van der Waals surface area contributed by atoms with Gasteiger partial charge in [-0.15, -0.1) is 0 Å². The Labute approximate surface area is 96.0 Å². The molecular weight excluding hydrogens is 206 g/mol. The van der Waals surface area contributed by atoms with Crippen molar-refractivity contribution in [3.05, 3.63) is 11.6 Å². The molecule has 16 heavy (non-hydrogen) atoms. The summed E-state index contributed by atoms with van der Waals surface area (Å²) in [7, 11) is 1.34. The molecule has 2 unspecified atom stereocenters. The average molecular weight is 225 g/mol. The molecule has 4 nitrogen and oxygen atoms in total. The van der Waals surface area contributed by atoms with E-state index in [-0.39, 0.29) is 5.91 Å². The minimum Gasteiger partial charge on any atom is -0.467 e. The van der Waals surface area contributed by atoms with E-state index >= 15 is 0 Å². The van der Waals surface area contributed by atoms with Gasteiger partial charge in [0.2, 0.25) is 5.91 Å². The highest BCUT2D eigenvalue weighted by atomic mass is 16.5. The molecule has 1 aliphatic rings. The van der Waals surface area contributed by atoms with Crippen molar-refractivity contribution in [1.29, 1.82) is 0 Å². The highest BCUT2D eigenvalue weighted by Crippen LogP contribution is 2.31. The van der Waals surface area contributed by atoms with E-state index in [0.717, 1.165) is 12.0 Å². The maximum Gasteiger partial charge on any atom is 0.335 e. The monoisotopic (exact) mass is 225 g/mol. The summed E-state index contributed by atoms with van der Waals surface area (Å²) in [6.45, 7) is 5.50. The molecule has 1 aliphatic carbocycles. The number of amides is 1. The number of nitrogens with one attached hydrogen (secondary N) is 1. The van der Waals surface area contributed by atoms with Crippen molar-refractivity contribution < 1.29 is 14.3 Å². The predicted molar refractivity (Wildman–Crippen MR) is 60.7 cm³/mol. The van der Waals surface area contributed by atoms with Crippen LogP contribution in [0.4, 0.5) is 0 Å². The molecule has 0 spiro atoms. The second-order valence-electron chi connectivity index (χ2n) is 4.47. The molecule has 0 radical (unpaired) electrons. The van der Waals surface area contributed by atoms with Crippen molar-refractivity contribution in [2.75, 3.05) is 7.11 Å². The standard InChI is InChI=1S/C12H19NO3/c1-8-5-6-12(7-9(8)2,11(15)16-4)13-10(3)14/h7-8H,5-6H2,1-4H3,(H,13,14). The zero-order valence-electron chi connectivity index (χ0n) is 10.3. The molecule has 0 aromatic carbocycles. The van der Waals surface area contributed by atoms with Gasteiger partial charge in [-0.2, -0.15) is 0 Å². The Hall–Kier alpha value is -1.32. The molecule has 0 fully saturated rings. The summed E-state index contributed by atoms with van der Waals surface area (Å²) in [5.74, 6) is -0.163. The van der Waals surface area contributed by atoms with Crippen LogP contribution in [0, 0.1) is 5.92 Å². The van der Waals surface area contributed by atoms with Gasteiger partial charge in [0.25, 0.3) is 0 Å². The molecule has 0 aliphatic heterocycles. The van der Waals surface area contributed by atoms with E-state index in [4.69, 9.17) is 4.74 Å². The lowest BCUT2D eigenvalue weighted by atomic mass is 9.79. The molecular formula is C12H19NO3. The number of carbonyl (C=O) groups excluding carboxylic acids is 2. The molecule has 0 saturated heterocycles. The Kier molecular flexibility index (Phi) is 3.73. The van der Waals surface area contributed by atoms with Crippen LogP contribution >= 0.6 is 0 Å². The van der Waals surface area contributed by atoms with E-state index in [1.807, 2.05) is 13.0 Å². The zero-order chi connectivity index (χ0) is 12.3. The summed E-state index contributed by atoms with van der Waals surface area (Å²) in [6.07, 6.45) is 3.30. The predicted octanol–water partition coefficient (Wildman–Crippen LogP) is 1.41. The molecule has 0 aromatic heterocycles. The summed E-state index contributed by atoms with van der Waals surface area (Å²) in [6, 6.07) is 0. The third-order valence-electron chi connectivity index (χ3n) is 3.17. The normalized spacial score (nSPS) is 29.2. The fourth-order valence-corrected chi connectivity index (χ4v) is 2.08. The van der Waals surface area contributed by atoms with Crippen LogP contribution in [0.2, 0.25) is 0 Å². The number of rotatable bonds is 2. The average Bonchev–Trinajstić information content (AvgIpc) is 2.21. The molecule has 0 bridgehead atoms. The van der Waals surface area contributed by atoms with Gasteiger partial charge >= 0.3 is 5.97 Å². The van der Waals surface area contributed by atoms with Gasteiger partial charge in [0.05, 0.1) is 7.11 Å². The molecule has 1 N–H and O–H groups in total. The lowest BCUT2D eigenvalue weighted by Crippen LogP contribution is -2.54. The quantitative estimate of drug-likeness (QED) is 0.571. The van der Waals surface area contributed by atoms with Crippen LogP contribution in [-0.4, -0.2) is 24.5 Å². The largest absolute Gasteiger partial charge is 0.467 e. The van der Waals surface area contributed by atoms with Gasteiger partial charge in [-0.05, 0) is 31.8 Å². The van der Waals surface area contributed by atoms with Crippen LogP contribution in [0.25, 0.3) is 0 Å². The van der Waals surface area contributed by atoms with Crippen molar-refractivity contribution >= 4 is 11.9 Å². The van der Waals surface area contributed by atoms with Crippen LogP contribution in [0.15, 0.2) is 11.6 Å². The Morgan fingerprint density at radius 1 is 1.56 bits per heavy atom. The van der Waals surface area contributed by atoms with E-state index in [2.05, 4.69) is 12.2 Å². The van der Waals surface area contributed by atoms with Crippen LogP contribution in [0.1, 0.15) is 33.6 Å². The number of methoxy groups -OCH3 is 1. The fourth-order valence-electron chi connectivity index (χ4n) is 2.08. The number of hydrogen-bond donors (Lipinski definition) is 1. The number of ether oxygens (including phenoxy) is 1. The van der Waals surface area contributed by atoms with Gasteiger partial charge in [0.15, 0.2) is 5.54 Å². The summed E-state index contributed by atoms with van der Waals surface area (Å²) in [5, 5.41) is 2.71. The summed E-state index contributed by atoms with van der Waals surface area (Å²) in [4.78, 5) is 23.0. The zero-order valence-corrected chi connectivity index (χ0v) is 10.3. The number of esters is 1. The van der Waals surface area contributed by atoms with E-state index < -0.39 is 11.5 Å². The minimum absolute atomic E-state index is 0.219. The number of carbonyl (C=O) groups is 2. The topological polar surface area (TPSA) is 55.4 Å². The van der Waals surface area contributed by atoms with Gasteiger partial charge in [0.1, 0.15) is 0 Å². The summed E-state index contributed by atoms with van der Waals surface area (Å²) < 4.78 is 4.78. The lowest BCUT2D eigenvalue weighted by Gasteiger charge is -2.34. The van der Waals surface area contributed by atoms with Gasteiger partial charge in [0, 0.05) is 6.92 Å². The van der Waals surface area contributed by atoms with Gasteiger partial charge < -0.3 is 10.1 Å². The maximum atomic E-state index is 11.8. The van der Waals surface area contributed by atoms with Crippen molar-refractivity contribution in [3.8, 4) is 0 Å². The highest BCUT2D eigenvalue weighted by Gasteiger charge is 2.41. The first-order valence-electron chi connectivity index (χ1n) is 5.48. The van der Waals surface area contributed by atoms with E-state index in [0.29, 0.717) is 12.3 Å². The molecule has 4 heteroatoms. The van der Waals surface area contributed by atoms with Crippen LogP contribution in [0.5, 0.6) is 0 Å². The third kappa shape index (κ3) is 2.43. The fraction of sp³-hybridized carbons (Fsp3) is 0.667. The highest BCUT2D eigenvalue weighted by molar-refractivity contribution is 5.89. The first-order valence-corrected chi connectivity index (χ1v) is 5.48. The number of allylic oxidation sites excluding steroid dienone is 1. The molecule has 90 valence electrons. The van der Waals surface area contributed by atoms with Gasteiger partial charge in [-0.1, -0.05) is 12.5 Å². The molecule has 0 saturated carbocycles. The van der Waals surface area contributed by atoms with Gasteiger partial charge in [-0.25, -0.2) is 4.79 Å². The van der Waals surface area contributed by atoms with Crippen LogP contribution in [0.3, 0.4) is 0 Å². The number of hydrogen-bond acceptors (Lipinski definition) is 3. The molecule has 0 aromatic rings. The molecule has 1 amide bonds. The first kappa shape index (κ1) is 12.7. The third-order valence-corrected chi connectivity index (χ3v) is 3.17. The smallest absolute Gasteiger partial charge is 0.335 e. The second kappa shape index (κ2) is 4.68. The van der Waals surface area contributed by atoms with Crippen molar-refractivity contribution in [1.82, 2.24) is 5.32 Å². The van der Waals surface area contributed by atoms with Crippen molar-refractivity contribution in [2.24, 2.45) is 5.92 Å². The Morgan fingerprint density at radius 3 is 2.62 bits per heavy atom. The Balaban J connectivity index is 3.06. The van der Waals surface area contributed by atoms with Gasteiger partial charge in [-0.3, -0.25) is 4.79 Å². The van der Waals surface area contributed by atoms with E-state index in [1.165, 1.54) is 14.0 Å². The SMILES string of the molecule is COC(=O)C1(NC(C)=O)C=C(C)C(C)CC1. The molecule has 1 rings (SSSR count). The second-order valence-corrected chi connectivity index (χ2v) is 4.47. The molecule has 0 heterocycles. The van der Waals surface area contributed by atoms with Crippen LogP contribution in [-0.2, 0) is 14.3 Å². The van der Waals surface area contributed by atoms with E-state index in [9.17, 15) is 9.59 Å². The summed E-state index contributed by atoms with van der Waals surface area (Å²) >= 11 is 0. The molecule has 2 atom stereocenters. The Bertz CT molecular complexity index is 335. The van der Waals surface area contributed by atoms with Crippen molar-refractivity contribution in [2.45, 2.75) is 39.2 Å². The minimum atomic E-state index is -0.961. The summed E-state index contributed by atoms with van der Waals surface area (Å²) in [5.41, 5.74) is 0.155. The van der Waals surface area contributed by atoms with Crippen LogP contribution < -0.4 is 5.32 Å². The maximum absolute atomic E-state index is 11.8. The Morgan fingerprint density at radius 2 is 2.19 bits per heavy atom. The lowest BCUT2D eigenvalue weighted by molar-refractivity contribution is -0.149.